The van der Waals surface area contributed by atoms with Gasteiger partial charge in [-0.1, -0.05) is 33.8 Å². The van der Waals surface area contributed by atoms with Gasteiger partial charge in [-0.05, 0) is 53.9 Å². The largest absolute Gasteiger partial charge is 0.295 e. The van der Waals surface area contributed by atoms with Gasteiger partial charge in [0.25, 0.3) is 0 Å². The van der Waals surface area contributed by atoms with E-state index in [1.54, 1.807) is 6.92 Å². The van der Waals surface area contributed by atoms with Crippen LogP contribution in [0, 0.1) is 12.8 Å². The molecule has 0 saturated carbocycles. The summed E-state index contributed by atoms with van der Waals surface area (Å²) in [4.78, 5) is 11.6. The van der Waals surface area contributed by atoms with Crippen LogP contribution in [0.1, 0.15) is 67.6 Å². The monoisotopic (exact) mass is 230 g/mol. The molecule has 1 aromatic carbocycles. The number of hydrogen-bond acceptors (Lipinski definition) is 1. The van der Waals surface area contributed by atoms with Gasteiger partial charge < -0.3 is 0 Å². The van der Waals surface area contributed by atoms with Gasteiger partial charge in [-0.3, -0.25) is 4.79 Å². The number of fused-ring (bicyclic) bond motifs is 1. The summed E-state index contributed by atoms with van der Waals surface area (Å²) in [5.41, 5.74) is 4.98. The van der Waals surface area contributed by atoms with Crippen LogP contribution in [0.3, 0.4) is 0 Å². The lowest BCUT2D eigenvalue weighted by Crippen LogP contribution is -2.22. The van der Waals surface area contributed by atoms with Crippen LogP contribution in [-0.4, -0.2) is 5.78 Å². The molecule has 1 nitrogen and oxygen atoms in total. The van der Waals surface area contributed by atoms with Crippen LogP contribution in [0.4, 0.5) is 0 Å². The third-order valence-electron chi connectivity index (χ3n) is 4.85. The zero-order valence-corrected chi connectivity index (χ0v) is 11.7. The van der Waals surface area contributed by atoms with E-state index in [1.165, 1.54) is 11.1 Å². The first-order valence-corrected chi connectivity index (χ1v) is 6.42. The van der Waals surface area contributed by atoms with Crippen molar-refractivity contribution in [2.45, 2.75) is 52.9 Å². The van der Waals surface area contributed by atoms with Crippen LogP contribution < -0.4 is 0 Å². The number of ketones is 1. The second-order valence-electron chi connectivity index (χ2n) is 6.11. The van der Waals surface area contributed by atoms with Crippen molar-refractivity contribution < 1.29 is 4.79 Å². The number of Topliss-reactive ketones (excluding diaryl/α,β-unsaturated/α-hetero) is 1. The molecule has 0 bridgehead atoms. The molecule has 17 heavy (non-hydrogen) atoms. The van der Waals surface area contributed by atoms with Crippen LogP contribution in [0.2, 0.25) is 0 Å². The fraction of sp³-hybridized carbons (Fsp3) is 0.562. The summed E-state index contributed by atoms with van der Waals surface area (Å²) in [6, 6.07) is 4.36. The van der Waals surface area contributed by atoms with Crippen molar-refractivity contribution in [3.05, 3.63) is 34.4 Å². The molecule has 0 saturated heterocycles. The summed E-state index contributed by atoms with van der Waals surface area (Å²) in [6.45, 7) is 12.9. The lowest BCUT2D eigenvalue weighted by atomic mass is 9.77. The molecule has 0 aliphatic heterocycles. The predicted octanol–water partition coefficient (Wildman–Crippen LogP) is 4.23. The SMILES string of the molecule is CC(=O)c1cc2c(cc1C)[C@@H](C)[C@H](C)C2(C)C. The summed E-state index contributed by atoms with van der Waals surface area (Å²) in [5.74, 6) is 1.38. The van der Waals surface area contributed by atoms with Crippen molar-refractivity contribution in [2.24, 2.45) is 5.92 Å². The third kappa shape index (κ3) is 1.64. The van der Waals surface area contributed by atoms with E-state index in [-0.39, 0.29) is 11.2 Å². The molecular formula is C16H22O. The van der Waals surface area contributed by atoms with Gasteiger partial charge in [0.2, 0.25) is 0 Å². The standard InChI is InChI=1S/C16H22O/c1-9-7-14-10(2)11(3)16(5,6)15(14)8-13(9)12(4)17/h7-8,10-11H,1-6H3/t10-,11-/m0/s1. The molecular weight excluding hydrogens is 208 g/mol. The Hall–Kier alpha value is -1.11. The predicted molar refractivity (Wildman–Crippen MR) is 71.8 cm³/mol. The number of aryl methyl sites for hydroxylation is 1. The van der Waals surface area contributed by atoms with Crippen LogP contribution in [0.15, 0.2) is 12.1 Å². The van der Waals surface area contributed by atoms with Gasteiger partial charge in [0.05, 0.1) is 0 Å². The molecule has 92 valence electrons. The summed E-state index contributed by atoms with van der Waals surface area (Å²) < 4.78 is 0. The first-order chi connectivity index (χ1) is 7.76. The third-order valence-corrected chi connectivity index (χ3v) is 4.85. The second-order valence-corrected chi connectivity index (χ2v) is 6.11. The molecule has 0 aromatic heterocycles. The van der Waals surface area contributed by atoms with Crippen LogP contribution in [-0.2, 0) is 5.41 Å². The minimum Gasteiger partial charge on any atom is -0.295 e. The molecule has 0 spiro atoms. The van der Waals surface area contributed by atoms with Gasteiger partial charge in [0.1, 0.15) is 0 Å². The summed E-state index contributed by atoms with van der Waals surface area (Å²) >= 11 is 0. The Morgan fingerprint density at radius 3 is 2.35 bits per heavy atom. The lowest BCUT2D eigenvalue weighted by molar-refractivity contribution is 0.101. The van der Waals surface area contributed by atoms with Gasteiger partial charge >= 0.3 is 0 Å². The van der Waals surface area contributed by atoms with Gasteiger partial charge in [0.15, 0.2) is 5.78 Å². The van der Waals surface area contributed by atoms with Crippen molar-refractivity contribution in [1.29, 1.82) is 0 Å². The molecule has 0 amide bonds. The van der Waals surface area contributed by atoms with Gasteiger partial charge in [0, 0.05) is 5.56 Å². The van der Waals surface area contributed by atoms with Crippen molar-refractivity contribution >= 4 is 5.78 Å². The highest BCUT2D eigenvalue weighted by Gasteiger charge is 2.41. The molecule has 2 atom stereocenters. The Bertz CT molecular complexity index is 483. The molecule has 0 unspecified atom stereocenters. The highest BCUT2D eigenvalue weighted by molar-refractivity contribution is 5.96. The molecule has 0 radical (unpaired) electrons. The van der Waals surface area contributed by atoms with Gasteiger partial charge in [-0.2, -0.15) is 0 Å². The number of carbonyl (C=O) groups is 1. The highest BCUT2D eigenvalue weighted by Crippen LogP contribution is 2.50. The minimum absolute atomic E-state index is 0.173. The van der Waals surface area contributed by atoms with Crippen molar-refractivity contribution in [2.75, 3.05) is 0 Å². The van der Waals surface area contributed by atoms with E-state index in [4.69, 9.17) is 0 Å². The Kier molecular flexibility index (Phi) is 2.68. The normalized spacial score (nSPS) is 25.8. The Morgan fingerprint density at radius 2 is 1.82 bits per heavy atom. The Morgan fingerprint density at radius 1 is 1.24 bits per heavy atom. The number of benzene rings is 1. The minimum atomic E-state index is 0.173. The van der Waals surface area contributed by atoms with E-state index in [2.05, 4.69) is 39.8 Å². The molecule has 1 aliphatic carbocycles. The molecule has 0 N–H and O–H groups in total. The topological polar surface area (TPSA) is 17.1 Å². The fourth-order valence-electron chi connectivity index (χ4n) is 3.18. The smallest absolute Gasteiger partial charge is 0.160 e. The fourth-order valence-corrected chi connectivity index (χ4v) is 3.18. The number of rotatable bonds is 1. The van der Waals surface area contributed by atoms with Gasteiger partial charge in [-0.25, -0.2) is 0 Å². The maximum atomic E-state index is 11.6. The van der Waals surface area contributed by atoms with Crippen LogP contribution in [0.25, 0.3) is 0 Å². The Balaban J connectivity index is 2.69. The molecule has 1 aromatic rings. The molecule has 0 fully saturated rings. The van der Waals surface area contributed by atoms with Crippen molar-refractivity contribution in [3.63, 3.8) is 0 Å². The molecule has 1 aliphatic rings. The van der Waals surface area contributed by atoms with Gasteiger partial charge in [-0.15, -0.1) is 0 Å². The first-order valence-electron chi connectivity index (χ1n) is 6.42. The number of hydrogen-bond donors (Lipinski definition) is 0. The number of carbonyl (C=O) groups excluding carboxylic acids is 1. The van der Waals surface area contributed by atoms with E-state index in [0.717, 1.165) is 11.1 Å². The summed E-state index contributed by atoms with van der Waals surface area (Å²) in [7, 11) is 0. The average molecular weight is 230 g/mol. The van der Waals surface area contributed by atoms with Crippen LogP contribution in [0.5, 0.6) is 0 Å². The van der Waals surface area contributed by atoms with Crippen molar-refractivity contribution in [1.82, 2.24) is 0 Å². The zero-order chi connectivity index (χ0) is 13.0. The van der Waals surface area contributed by atoms with E-state index in [1.807, 2.05) is 6.92 Å². The summed E-state index contributed by atoms with van der Waals surface area (Å²) in [5, 5.41) is 0. The Labute approximate surface area is 104 Å². The van der Waals surface area contributed by atoms with E-state index < -0.39 is 0 Å². The van der Waals surface area contributed by atoms with Crippen molar-refractivity contribution in [3.8, 4) is 0 Å². The van der Waals surface area contributed by atoms with E-state index in [0.29, 0.717) is 11.8 Å². The lowest BCUT2D eigenvalue weighted by Gasteiger charge is -2.27. The van der Waals surface area contributed by atoms with E-state index >= 15 is 0 Å². The maximum absolute atomic E-state index is 11.6. The van der Waals surface area contributed by atoms with E-state index in [9.17, 15) is 4.79 Å². The maximum Gasteiger partial charge on any atom is 0.160 e. The quantitative estimate of drug-likeness (QED) is 0.660. The van der Waals surface area contributed by atoms with Crippen LogP contribution >= 0.6 is 0 Å². The molecule has 1 heteroatoms. The highest BCUT2D eigenvalue weighted by atomic mass is 16.1. The molecule has 0 heterocycles. The molecule has 2 rings (SSSR count). The second kappa shape index (κ2) is 3.69. The average Bonchev–Trinajstić information content (AvgIpc) is 2.39. The zero-order valence-electron chi connectivity index (χ0n) is 11.7. The summed E-state index contributed by atoms with van der Waals surface area (Å²) in [6.07, 6.45) is 0. The first kappa shape index (κ1) is 12.3.